The van der Waals surface area contributed by atoms with E-state index in [0.29, 0.717) is 31.7 Å². The van der Waals surface area contributed by atoms with Gasteiger partial charge in [0.25, 0.3) is 5.91 Å². The number of hydrogen-bond acceptors (Lipinski definition) is 5. The van der Waals surface area contributed by atoms with Gasteiger partial charge in [0, 0.05) is 48.9 Å². The maximum atomic E-state index is 15.7. The first-order valence-corrected chi connectivity index (χ1v) is 11.1. The van der Waals surface area contributed by atoms with E-state index >= 15 is 4.39 Å². The molecule has 172 valence electrons. The summed E-state index contributed by atoms with van der Waals surface area (Å²) in [6, 6.07) is 5.24. The number of amides is 3. The zero-order valence-corrected chi connectivity index (χ0v) is 18.2. The summed E-state index contributed by atoms with van der Waals surface area (Å²) in [6.45, 7) is 3.31. The molecular formula is C24H24F2N4O3. The van der Waals surface area contributed by atoms with Crippen LogP contribution in [-0.4, -0.2) is 57.8 Å². The number of piperidine rings is 1. The van der Waals surface area contributed by atoms with Gasteiger partial charge in [-0.1, -0.05) is 0 Å². The molecule has 2 saturated heterocycles. The first-order chi connectivity index (χ1) is 15.8. The van der Waals surface area contributed by atoms with E-state index in [4.69, 9.17) is 0 Å². The van der Waals surface area contributed by atoms with Gasteiger partial charge in [-0.2, -0.15) is 0 Å². The number of benzene rings is 1. The molecule has 33 heavy (non-hydrogen) atoms. The average molecular weight is 454 g/mol. The number of pyridine rings is 1. The van der Waals surface area contributed by atoms with Gasteiger partial charge < -0.3 is 4.90 Å². The molecule has 3 aliphatic heterocycles. The van der Waals surface area contributed by atoms with E-state index in [1.165, 1.54) is 11.0 Å². The number of aromatic nitrogens is 1. The monoisotopic (exact) mass is 454 g/mol. The number of carbonyl (C=O) groups excluding carboxylic acids is 3. The number of nitrogens with zero attached hydrogens (tertiary/aromatic N) is 3. The van der Waals surface area contributed by atoms with Crippen LogP contribution in [0.15, 0.2) is 30.5 Å². The highest BCUT2D eigenvalue weighted by Crippen LogP contribution is 2.40. The summed E-state index contributed by atoms with van der Waals surface area (Å²) in [4.78, 5) is 44.6. The summed E-state index contributed by atoms with van der Waals surface area (Å²) in [6.07, 6.45) is 1.65. The topological polar surface area (TPSA) is 82.6 Å². The van der Waals surface area contributed by atoms with Gasteiger partial charge in [-0.15, -0.1) is 0 Å². The van der Waals surface area contributed by atoms with Gasteiger partial charge in [0.1, 0.15) is 18.0 Å². The van der Waals surface area contributed by atoms with Crippen molar-refractivity contribution in [3.63, 3.8) is 0 Å². The van der Waals surface area contributed by atoms with Gasteiger partial charge >= 0.3 is 0 Å². The number of nitrogens with one attached hydrogen (secondary N) is 1. The van der Waals surface area contributed by atoms with E-state index in [1.54, 1.807) is 25.3 Å². The van der Waals surface area contributed by atoms with Crippen LogP contribution in [0.4, 0.5) is 8.78 Å². The summed E-state index contributed by atoms with van der Waals surface area (Å²) in [7, 11) is 0. The second kappa shape index (κ2) is 8.30. The lowest BCUT2D eigenvalue weighted by Gasteiger charge is -2.32. The van der Waals surface area contributed by atoms with E-state index in [-0.39, 0.29) is 35.4 Å². The van der Waals surface area contributed by atoms with Crippen molar-refractivity contribution in [1.29, 1.82) is 0 Å². The Morgan fingerprint density at radius 1 is 1.15 bits per heavy atom. The highest BCUT2D eigenvalue weighted by molar-refractivity contribution is 6.06. The van der Waals surface area contributed by atoms with Crippen molar-refractivity contribution in [2.75, 3.05) is 13.1 Å². The molecule has 9 heteroatoms. The molecule has 7 nitrogen and oxygen atoms in total. The minimum Gasteiger partial charge on any atom is -0.320 e. The molecule has 0 radical (unpaired) electrons. The first-order valence-electron chi connectivity index (χ1n) is 11.1. The quantitative estimate of drug-likeness (QED) is 0.719. The molecule has 3 aliphatic rings. The average Bonchev–Trinajstić information content (AvgIpc) is 3.29. The molecule has 4 heterocycles. The van der Waals surface area contributed by atoms with Crippen molar-refractivity contribution in [1.82, 2.24) is 20.1 Å². The molecule has 5 rings (SSSR count). The Kier molecular flexibility index (Phi) is 5.44. The fraction of sp³-hybridized carbons (Fsp3) is 0.417. The maximum Gasteiger partial charge on any atom is 0.255 e. The third kappa shape index (κ3) is 3.80. The Balaban J connectivity index is 1.44. The third-order valence-corrected chi connectivity index (χ3v) is 6.75. The van der Waals surface area contributed by atoms with Crippen LogP contribution >= 0.6 is 0 Å². The van der Waals surface area contributed by atoms with Gasteiger partial charge in [-0.05, 0) is 49.6 Å². The van der Waals surface area contributed by atoms with Crippen molar-refractivity contribution < 1.29 is 23.2 Å². The zero-order valence-electron chi connectivity index (χ0n) is 18.2. The van der Waals surface area contributed by atoms with E-state index in [1.807, 2.05) is 11.0 Å². The molecule has 0 aliphatic carbocycles. The highest BCUT2D eigenvalue weighted by Gasteiger charge is 2.44. The number of hydrogen-bond donors (Lipinski definition) is 1. The van der Waals surface area contributed by atoms with Gasteiger partial charge in [0.2, 0.25) is 11.8 Å². The summed E-state index contributed by atoms with van der Waals surface area (Å²) in [5, 5.41) is 2.26. The summed E-state index contributed by atoms with van der Waals surface area (Å²) < 4.78 is 29.2. The normalized spacial score (nSPS) is 25.5. The van der Waals surface area contributed by atoms with Crippen molar-refractivity contribution in [2.45, 2.75) is 51.0 Å². The Labute approximate surface area is 189 Å². The largest absolute Gasteiger partial charge is 0.320 e. The smallest absolute Gasteiger partial charge is 0.255 e. The molecule has 1 aromatic carbocycles. The molecule has 3 atom stereocenters. The van der Waals surface area contributed by atoms with Crippen LogP contribution in [-0.2, 0) is 16.1 Å². The molecule has 1 N–H and O–H groups in total. The first kappa shape index (κ1) is 21.6. The Morgan fingerprint density at radius 2 is 1.94 bits per heavy atom. The standard InChI is InChI=1S/C24H24F2N4O3/c1-13-21-17(24(33)30(13)19-4-5-20(31)28-23(19)32)3-2-16(22(21)26)18-10-14(6-8-27-18)11-29-9-7-15(25)12-29/h2-3,6,8,10,13,15,19H,4-5,7,9,11-12H2,1H3,(H,28,31,32)/t13-,15+,19+/m1/s1. The van der Waals surface area contributed by atoms with E-state index in [2.05, 4.69) is 10.3 Å². The van der Waals surface area contributed by atoms with Crippen molar-refractivity contribution in [2.24, 2.45) is 0 Å². The minimum atomic E-state index is -0.818. The minimum absolute atomic E-state index is 0.133. The van der Waals surface area contributed by atoms with Crippen LogP contribution < -0.4 is 5.32 Å². The SMILES string of the molecule is C[C@@H]1c2c(ccc(-c3cc(CN4CC[C@H](F)C4)ccn3)c2F)C(=O)N1[C@H]1CCC(=O)NC1=O. The lowest BCUT2D eigenvalue weighted by Crippen LogP contribution is -2.53. The lowest BCUT2D eigenvalue weighted by molar-refractivity contribution is -0.137. The van der Waals surface area contributed by atoms with E-state index < -0.39 is 35.9 Å². The Bertz CT molecular complexity index is 1150. The molecule has 2 aromatic rings. The number of rotatable bonds is 4. The number of imide groups is 1. The van der Waals surface area contributed by atoms with Gasteiger partial charge in [-0.3, -0.25) is 29.6 Å². The van der Waals surface area contributed by atoms with Gasteiger partial charge in [0.15, 0.2) is 0 Å². The fourth-order valence-electron chi connectivity index (χ4n) is 5.11. The predicted molar refractivity (Wildman–Crippen MR) is 115 cm³/mol. The molecule has 0 unspecified atom stereocenters. The molecular weight excluding hydrogens is 430 g/mol. The number of fused-ring (bicyclic) bond motifs is 1. The maximum absolute atomic E-state index is 15.7. The number of halogens is 2. The van der Waals surface area contributed by atoms with Crippen LogP contribution in [0.1, 0.15) is 53.7 Å². The second-order valence-electron chi connectivity index (χ2n) is 8.91. The molecule has 3 amide bonds. The highest BCUT2D eigenvalue weighted by atomic mass is 19.1. The van der Waals surface area contributed by atoms with Crippen LogP contribution in [0.25, 0.3) is 11.3 Å². The van der Waals surface area contributed by atoms with Crippen LogP contribution in [0, 0.1) is 5.82 Å². The molecule has 1 aromatic heterocycles. The van der Waals surface area contributed by atoms with Crippen LogP contribution in [0.5, 0.6) is 0 Å². The molecule has 0 saturated carbocycles. The van der Waals surface area contributed by atoms with Crippen LogP contribution in [0.2, 0.25) is 0 Å². The van der Waals surface area contributed by atoms with Crippen molar-refractivity contribution in [3.05, 3.63) is 53.0 Å². The van der Waals surface area contributed by atoms with Crippen LogP contribution in [0.3, 0.4) is 0 Å². The van der Waals surface area contributed by atoms with E-state index in [0.717, 1.165) is 5.56 Å². The van der Waals surface area contributed by atoms with Gasteiger partial charge in [0.05, 0.1) is 11.7 Å². The molecule has 0 spiro atoms. The molecule has 0 bridgehead atoms. The number of carbonyl (C=O) groups is 3. The third-order valence-electron chi connectivity index (χ3n) is 6.75. The zero-order chi connectivity index (χ0) is 23.3. The summed E-state index contributed by atoms with van der Waals surface area (Å²) >= 11 is 0. The van der Waals surface area contributed by atoms with Crippen molar-refractivity contribution >= 4 is 17.7 Å². The van der Waals surface area contributed by atoms with Crippen molar-refractivity contribution in [3.8, 4) is 11.3 Å². The fourth-order valence-corrected chi connectivity index (χ4v) is 5.11. The van der Waals surface area contributed by atoms with Gasteiger partial charge in [-0.25, -0.2) is 8.78 Å². The second-order valence-corrected chi connectivity index (χ2v) is 8.91. The number of alkyl halides is 1. The Morgan fingerprint density at radius 3 is 2.67 bits per heavy atom. The lowest BCUT2D eigenvalue weighted by atomic mass is 9.98. The Hall–Kier alpha value is -3.20. The van der Waals surface area contributed by atoms with E-state index in [9.17, 15) is 18.8 Å². The number of likely N-dealkylation sites (tertiary alicyclic amines) is 1. The summed E-state index contributed by atoms with van der Waals surface area (Å²) in [5.41, 5.74) is 2.06. The summed E-state index contributed by atoms with van der Waals surface area (Å²) in [5.74, 6) is -1.87. The predicted octanol–water partition coefficient (Wildman–Crippen LogP) is 2.75. The molecule has 2 fully saturated rings.